The Bertz CT molecular complexity index is 3280. The molecule has 0 saturated heterocycles. The van der Waals surface area contributed by atoms with E-state index in [-0.39, 0.29) is 0 Å². The van der Waals surface area contributed by atoms with Gasteiger partial charge in [0.1, 0.15) is 0 Å². The molecule has 12 aromatic carbocycles. The molecule has 0 aromatic heterocycles. The Morgan fingerprint density at radius 3 is 0.948 bits per heavy atom. The van der Waals surface area contributed by atoms with Crippen LogP contribution >= 0.6 is 0 Å². The van der Waals surface area contributed by atoms with Gasteiger partial charge in [-0.3, -0.25) is 0 Å². The molecule has 0 bridgehead atoms. The third kappa shape index (κ3) is 5.19. The first-order chi connectivity index (χ1) is 28.7. The minimum atomic E-state index is 1.12. The molecule has 270 valence electrons. The summed E-state index contributed by atoms with van der Waals surface area (Å²) in [5.41, 5.74) is 6.81. The van der Waals surface area contributed by atoms with Crippen LogP contribution in [0.4, 0.5) is 34.1 Å². The highest BCUT2D eigenvalue weighted by molar-refractivity contribution is 6.28. The Labute approximate surface area is 336 Å². The smallest absolute Gasteiger partial charge is 0.0540 e. The lowest BCUT2D eigenvalue weighted by molar-refractivity contribution is 1.30. The van der Waals surface area contributed by atoms with Crippen LogP contribution in [0.5, 0.6) is 0 Å². The van der Waals surface area contributed by atoms with Crippen LogP contribution in [0.2, 0.25) is 0 Å². The maximum atomic E-state index is 2.43. The molecule has 0 atom stereocenters. The molecule has 0 radical (unpaired) electrons. The topological polar surface area (TPSA) is 6.48 Å². The maximum absolute atomic E-state index is 2.43. The van der Waals surface area contributed by atoms with Crippen molar-refractivity contribution in [3.63, 3.8) is 0 Å². The molecule has 0 unspecified atom stereocenters. The lowest BCUT2D eigenvalue weighted by atomic mass is 9.91. The van der Waals surface area contributed by atoms with Gasteiger partial charge in [0.2, 0.25) is 0 Å². The van der Waals surface area contributed by atoms with Crippen LogP contribution in [0.1, 0.15) is 0 Å². The van der Waals surface area contributed by atoms with Crippen molar-refractivity contribution in [2.45, 2.75) is 0 Å². The second kappa shape index (κ2) is 12.9. The van der Waals surface area contributed by atoms with Gasteiger partial charge in [-0.05, 0) is 150 Å². The van der Waals surface area contributed by atoms with Crippen molar-refractivity contribution < 1.29 is 0 Å². The van der Waals surface area contributed by atoms with E-state index >= 15 is 0 Å². The van der Waals surface area contributed by atoms with Crippen molar-refractivity contribution in [3.05, 3.63) is 218 Å². The fourth-order valence-electron chi connectivity index (χ4n) is 9.30. The van der Waals surface area contributed by atoms with Gasteiger partial charge in [0.05, 0.1) is 11.4 Å². The molecular formula is C56H36N2. The molecule has 0 saturated carbocycles. The van der Waals surface area contributed by atoms with E-state index in [4.69, 9.17) is 0 Å². The third-order valence-corrected chi connectivity index (χ3v) is 12.0. The lowest BCUT2D eigenvalue weighted by Crippen LogP contribution is -2.11. The number of rotatable bonds is 6. The van der Waals surface area contributed by atoms with E-state index in [0.29, 0.717) is 0 Å². The Morgan fingerprint density at radius 1 is 0.207 bits per heavy atom. The number of hydrogen-bond acceptors (Lipinski definition) is 2. The Kier molecular flexibility index (Phi) is 7.26. The summed E-state index contributed by atoms with van der Waals surface area (Å²) in [7, 11) is 0. The van der Waals surface area contributed by atoms with Gasteiger partial charge in [-0.25, -0.2) is 0 Å². The van der Waals surface area contributed by atoms with E-state index in [0.717, 1.165) is 34.1 Å². The fraction of sp³-hybridized carbons (Fsp3) is 0. The SMILES string of the molecule is c1ccc(N(c2ccc3cc4ccccc4cc3c2)c2ccc3ccc4c(N(c5ccccc5)c5ccc6cc7ccccc7cc6c5)ccc5ccc2c3c54)cc1. The van der Waals surface area contributed by atoms with Crippen molar-refractivity contribution in [2.75, 3.05) is 9.80 Å². The highest BCUT2D eigenvalue weighted by atomic mass is 15.1. The molecule has 0 heterocycles. The van der Waals surface area contributed by atoms with Crippen LogP contribution in [0.3, 0.4) is 0 Å². The fourth-order valence-corrected chi connectivity index (χ4v) is 9.30. The average Bonchev–Trinajstić information content (AvgIpc) is 3.28. The molecule has 0 amide bonds. The Balaban J connectivity index is 1.08. The van der Waals surface area contributed by atoms with Crippen LogP contribution in [0.25, 0.3) is 75.4 Å². The summed E-state index contributed by atoms with van der Waals surface area (Å²) >= 11 is 0. The zero-order chi connectivity index (χ0) is 38.2. The Morgan fingerprint density at radius 2 is 0.534 bits per heavy atom. The summed E-state index contributed by atoms with van der Waals surface area (Å²) in [6.45, 7) is 0. The molecule has 0 aliphatic rings. The van der Waals surface area contributed by atoms with E-state index in [1.165, 1.54) is 75.4 Å². The molecule has 2 heteroatoms. The van der Waals surface area contributed by atoms with Gasteiger partial charge < -0.3 is 9.80 Å². The molecule has 0 N–H and O–H groups in total. The normalized spacial score (nSPS) is 11.8. The van der Waals surface area contributed by atoms with Crippen molar-refractivity contribution in [2.24, 2.45) is 0 Å². The molecule has 58 heavy (non-hydrogen) atoms. The first-order valence-electron chi connectivity index (χ1n) is 20.0. The molecular weight excluding hydrogens is 701 g/mol. The highest BCUT2D eigenvalue weighted by Crippen LogP contribution is 2.48. The maximum Gasteiger partial charge on any atom is 0.0540 e. The van der Waals surface area contributed by atoms with Crippen molar-refractivity contribution in [3.8, 4) is 0 Å². The molecule has 12 rings (SSSR count). The van der Waals surface area contributed by atoms with Gasteiger partial charge in [-0.15, -0.1) is 0 Å². The minimum Gasteiger partial charge on any atom is -0.310 e. The number of nitrogens with zero attached hydrogens (tertiary/aromatic N) is 2. The van der Waals surface area contributed by atoms with Crippen LogP contribution < -0.4 is 9.80 Å². The number of para-hydroxylation sites is 2. The van der Waals surface area contributed by atoms with E-state index < -0.39 is 0 Å². The lowest BCUT2D eigenvalue weighted by Gasteiger charge is -2.29. The largest absolute Gasteiger partial charge is 0.310 e. The average molecular weight is 737 g/mol. The van der Waals surface area contributed by atoms with Gasteiger partial charge in [0.25, 0.3) is 0 Å². The third-order valence-electron chi connectivity index (χ3n) is 12.0. The Hall–Kier alpha value is -7.68. The first kappa shape index (κ1) is 32.6. The summed E-state index contributed by atoms with van der Waals surface area (Å²) in [4.78, 5) is 4.85. The highest BCUT2D eigenvalue weighted by Gasteiger charge is 2.22. The van der Waals surface area contributed by atoms with E-state index in [9.17, 15) is 0 Å². The second-order valence-corrected chi connectivity index (χ2v) is 15.4. The number of benzene rings is 12. The molecule has 2 nitrogen and oxygen atoms in total. The zero-order valence-corrected chi connectivity index (χ0v) is 31.7. The summed E-state index contributed by atoms with van der Waals surface area (Å²) in [5.74, 6) is 0. The predicted molar refractivity (Wildman–Crippen MR) is 250 cm³/mol. The first-order valence-corrected chi connectivity index (χ1v) is 20.0. The number of anilines is 6. The summed E-state index contributed by atoms with van der Waals surface area (Å²) in [6, 6.07) is 80.3. The number of fused-ring (bicyclic) bond motifs is 4. The van der Waals surface area contributed by atoms with Gasteiger partial charge in [0, 0.05) is 33.5 Å². The van der Waals surface area contributed by atoms with Crippen LogP contribution in [0, 0.1) is 0 Å². The van der Waals surface area contributed by atoms with Gasteiger partial charge in [-0.1, -0.05) is 133 Å². The molecule has 0 aliphatic heterocycles. The van der Waals surface area contributed by atoms with Crippen LogP contribution in [-0.4, -0.2) is 0 Å². The van der Waals surface area contributed by atoms with E-state index in [1.807, 2.05) is 0 Å². The minimum absolute atomic E-state index is 1.12. The standard InChI is InChI=1S/C56H36N2/c1-3-15-47(16-4-1)57(49-25-19-43-31-39-11-7-9-13-41(39)33-45(43)35-49)53-29-23-37-22-28-52-54(30-24-38-21-27-51(53)55(37)56(38)52)58(48-17-5-2-6-18-48)50-26-20-44-32-40-12-8-10-14-42(40)34-46(44)36-50/h1-36H. The molecule has 12 aromatic rings. The summed E-state index contributed by atoms with van der Waals surface area (Å²) in [6.07, 6.45) is 0. The summed E-state index contributed by atoms with van der Waals surface area (Å²) in [5, 5.41) is 17.4. The molecule has 0 spiro atoms. The van der Waals surface area contributed by atoms with Crippen LogP contribution in [-0.2, 0) is 0 Å². The van der Waals surface area contributed by atoms with Gasteiger partial charge in [-0.2, -0.15) is 0 Å². The van der Waals surface area contributed by atoms with Crippen molar-refractivity contribution >= 4 is 110 Å². The summed E-state index contributed by atoms with van der Waals surface area (Å²) < 4.78 is 0. The molecule has 0 fully saturated rings. The predicted octanol–water partition coefficient (Wildman–Crippen LogP) is 16.1. The van der Waals surface area contributed by atoms with Crippen molar-refractivity contribution in [1.82, 2.24) is 0 Å². The number of hydrogen-bond donors (Lipinski definition) is 0. The molecule has 0 aliphatic carbocycles. The second-order valence-electron chi connectivity index (χ2n) is 15.4. The van der Waals surface area contributed by atoms with Gasteiger partial charge >= 0.3 is 0 Å². The van der Waals surface area contributed by atoms with Gasteiger partial charge in [0.15, 0.2) is 0 Å². The van der Waals surface area contributed by atoms with E-state index in [1.54, 1.807) is 0 Å². The van der Waals surface area contributed by atoms with E-state index in [2.05, 4.69) is 228 Å². The van der Waals surface area contributed by atoms with Crippen molar-refractivity contribution in [1.29, 1.82) is 0 Å². The monoisotopic (exact) mass is 736 g/mol. The zero-order valence-electron chi connectivity index (χ0n) is 31.7. The van der Waals surface area contributed by atoms with Crippen LogP contribution in [0.15, 0.2) is 218 Å². The quantitative estimate of drug-likeness (QED) is 0.124.